The fourth-order valence-electron chi connectivity index (χ4n) is 2.45. The van der Waals surface area contributed by atoms with Crippen LogP contribution in [-0.4, -0.2) is 19.1 Å². The van der Waals surface area contributed by atoms with E-state index in [9.17, 15) is 4.79 Å². The molecule has 1 saturated carbocycles. The molecule has 18 heavy (non-hydrogen) atoms. The Balaban J connectivity index is 1.84. The summed E-state index contributed by atoms with van der Waals surface area (Å²) in [5, 5.41) is 3.58. The Morgan fingerprint density at radius 2 is 1.89 bits per heavy atom. The second-order valence-corrected chi connectivity index (χ2v) is 4.90. The summed E-state index contributed by atoms with van der Waals surface area (Å²) in [7, 11) is 1.40. The molecule has 0 spiro atoms. The molecule has 0 heterocycles. The standard InChI is InChI=1S/C15H21NO2/c1-18-15(17)13-9-7-12(8-10-13)11-16-14-5-3-2-4-6-14/h7-10,14,16H,2-6,11H2,1H3. The van der Waals surface area contributed by atoms with Gasteiger partial charge in [-0.25, -0.2) is 4.79 Å². The van der Waals surface area contributed by atoms with Crippen LogP contribution in [0.1, 0.15) is 48.0 Å². The highest BCUT2D eigenvalue weighted by Crippen LogP contribution is 2.17. The number of methoxy groups -OCH3 is 1. The molecule has 1 aliphatic rings. The minimum absolute atomic E-state index is 0.276. The van der Waals surface area contributed by atoms with Gasteiger partial charge in [0.25, 0.3) is 0 Å². The Morgan fingerprint density at radius 3 is 2.50 bits per heavy atom. The van der Waals surface area contributed by atoms with Crippen LogP contribution in [0.5, 0.6) is 0 Å². The number of carbonyl (C=O) groups is 1. The largest absolute Gasteiger partial charge is 0.465 e. The van der Waals surface area contributed by atoms with E-state index in [1.54, 1.807) is 0 Å². The molecule has 0 aromatic heterocycles. The Kier molecular flexibility index (Phi) is 4.76. The van der Waals surface area contributed by atoms with Crippen molar-refractivity contribution in [3.63, 3.8) is 0 Å². The molecule has 0 bridgehead atoms. The van der Waals surface area contributed by atoms with Crippen LogP contribution in [0.2, 0.25) is 0 Å². The fraction of sp³-hybridized carbons (Fsp3) is 0.533. The van der Waals surface area contributed by atoms with Crippen LogP contribution in [0, 0.1) is 0 Å². The van der Waals surface area contributed by atoms with Gasteiger partial charge in [-0.05, 0) is 30.5 Å². The maximum atomic E-state index is 11.3. The molecule has 1 N–H and O–H groups in total. The molecule has 0 amide bonds. The molecule has 98 valence electrons. The van der Waals surface area contributed by atoms with E-state index in [-0.39, 0.29) is 5.97 Å². The zero-order valence-electron chi connectivity index (χ0n) is 10.9. The first-order valence-electron chi connectivity index (χ1n) is 6.70. The van der Waals surface area contributed by atoms with Crippen molar-refractivity contribution in [3.05, 3.63) is 35.4 Å². The molecular weight excluding hydrogens is 226 g/mol. The van der Waals surface area contributed by atoms with Gasteiger partial charge in [0.1, 0.15) is 0 Å². The summed E-state index contributed by atoms with van der Waals surface area (Å²) in [6.07, 6.45) is 6.66. The molecule has 1 aromatic rings. The van der Waals surface area contributed by atoms with Gasteiger partial charge in [0.05, 0.1) is 12.7 Å². The second-order valence-electron chi connectivity index (χ2n) is 4.90. The van der Waals surface area contributed by atoms with Crippen molar-refractivity contribution < 1.29 is 9.53 Å². The first-order valence-corrected chi connectivity index (χ1v) is 6.70. The minimum atomic E-state index is -0.276. The van der Waals surface area contributed by atoms with Crippen molar-refractivity contribution in [3.8, 4) is 0 Å². The van der Waals surface area contributed by atoms with E-state index in [0.29, 0.717) is 11.6 Å². The van der Waals surface area contributed by atoms with Crippen molar-refractivity contribution >= 4 is 5.97 Å². The number of hydrogen-bond donors (Lipinski definition) is 1. The Morgan fingerprint density at radius 1 is 1.22 bits per heavy atom. The van der Waals surface area contributed by atoms with Crippen LogP contribution in [0.3, 0.4) is 0 Å². The summed E-state index contributed by atoms with van der Waals surface area (Å²) in [6, 6.07) is 8.29. The van der Waals surface area contributed by atoms with Gasteiger partial charge in [-0.3, -0.25) is 0 Å². The molecule has 1 fully saturated rings. The van der Waals surface area contributed by atoms with E-state index < -0.39 is 0 Å². The average Bonchev–Trinajstić information content (AvgIpc) is 2.46. The van der Waals surface area contributed by atoms with Gasteiger partial charge in [-0.1, -0.05) is 31.4 Å². The molecule has 0 radical (unpaired) electrons. The van der Waals surface area contributed by atoms with Crippen LogP contribution in [-0.2, 0) is 11.3 Å². The van der Waals surface area contributed by atoms with Gasteiger partial charge in [0.2, 0.25) is 0 Å². The molecule has 1 aliphatic carbocycles. The van der Waals surface area contributed by atoms with E-state index in [1.165, 1.54) is 44.8 Å². The average molecular weight is 247 g/mol. The molecule has 3 heteroatoms. The van der Waals surface area contributed by atoms with Gasteiger partial charge in [0.15, 0.2) is 0 Å². The van der Waals surface area contributed by atoms with Crippen LogP contribution in [0.25, 0.3) is 0 Å². The van der Waals surface area contributed by atoms with Crippen molar-refractivity contribution in [2.75, 3.05) is 7.11 Å². The molecular formula is C15H21NO2. The predicted octanol–water partition coefficient (Wildman–Crippen LogP) is 2.90. The van der Waals surface area contributed by atoms with E-state index >= 15 is 0 Å². The van der Waals surface area contributed by atoms with Crippen molar-refractivity contribution in [1.82, 2.24) is 5.32 Å². The van der Waals surface area contributed by atoms with Crippen LogP contribution in [0.15, 0.2) is 24.3 Å². The van der Waals surface area contributed by atoms with Crippen molar-refractivity contribution in [2.24, 2.45) is 0 Å². The third kappa shape index (κ3) is 3.57. The van der Waals surface area contributed by atoms with Gasteiger partial charge < -0.3 is 10.1 Å². The first kappa shape index (κ1) is 13.1. The lowest BCUT2D eigenvalue weighted by atomic mass is 9.95. The molecule has 1 aromatic carbocycles. The lowest BCUT2D eigenvalue weighted by molar-refractivity contribution is 0.0600. The number of esters is 1. The highest BCUT2D eigenvalue weighted by atomic mass is 16.5. The summed E-state index contributed by atoms with van der Waals surface area (Å²) >= 11 is 0. The quantitative estimate of drug-likeness (QED) is 0.831. The third-order valence-corrected chi connectivity index (χ3v) is 3.58. The topological polar surface area (TPSA) is 38.3 Å². The number of ether oxygens (including phenoxy) is 1. The Hall–Kier alpha value is -1.35. The predicted molar refractivity (Wildman–Crippen MR) is 71.5 cm³/mol. The second kappa shape index (κ2) is 6.55. The van der Waals surface area contributed by atoms with E-state index in [1.807, 2.05) is 24.3 Å². The maximum Gasteiger partial charge on any atom is 0.337 e. The molecule has 0 saturated heterocycles. The smallest absolute Gasteiger partial charge is 0.337 e. The summed E-state index contributed by atoms with van der Waals surface area (Å²) in [4.78, 5) is 11.3. The van der Waals surface area contributed by atoms with Crippen molar-refractivity contribution in [2.45, 2.75) is 44.7 Å². The van der Waals surface area contributed by atoms with Gasteiger partial charge in [-0.15, -0.1) is 0 Å². The summed E-state index contributed by atoms with van der Waals surface area (Å²) in [5.74, 6) is -0.276. The highest BCUT2D eigenvalue weighted by Gasteiger charge is 2.12. The highest BCUT2D eigenvalue weighted by molar-refractivity contribution is 5.89. The first-order chi connectivity index (χ1) is 8.79. The molecule has 0 unspecified atom stereocenters. The van der Waals surface area contributed by atoms with E-state index in [0.717, 1.165) is 6.54 Å². The van der Waals surface area contributed by atoms with Crippen LogP contribution < -0.4 is 5.32 Å². The number of hydrogen-bond acceptors (Lipinski definition) is 3. The summed E-state index contributed by atoms with van der Waals surface area (Å²) < 4.78 is 4.68. The fourth-order valence-corrected chi connectivity index (χ4v) is 2.45. The maximum absolute atomic E-state index is 11.3. The third-order valence-electron chi connectivity index (χ3n) is 3.58. The van der Waals surface area contributed by atoms with Crippen molar-refractivity contribution in [1.29, 1.82) is 0 Å². The molecule has 0 aliphatic heterocycles. The lowest BCUT2D eigenvalue weighted by Gasteiger charge is -2.22. The van der Waals surface area contributed by atoms with Gasteiger partial charge in [0, 0.05) is 12.6 Å². The Labute approximate surface area is 109 Å². The van der Waals surface area contributed by atoms with Gasteiger partial charge in [-0.2, -0.15) is 0 Å². The van der Waals surface area contributed by atoms with Gasteiger partial charge >= 0.3 is 5.97 Å². The number of rotatable bonds is 4. The van der Waals surface area contributed by atoms with Crippen LogP contribution >= 0.6 is 0 Å². The van der Waals surface area contributed by atoms with E-state index in [4.69, 9.17) is 0 Å². The molecule has 0 atom stereocenters. The Bertz CT molecular complexity index is 380. The summed E-state index contributed by atoms with van der Waals surface area (Å²) in [6.45, 7) is 0.881. The molecule has 2 rings (SSSR count). The zero-order valence-corrected chi connectivity index (χ0v) is 10.9. The van der Waals surface area contributed by atoms with Crippen LogP contribution in [0.4, 0.5) is 0 Å². The van der Waals surface area contributed by atoms with E-state index in [2.05, 4.69) is 10.1 Å². The summed E-state index contributed by atoms with van der Waals surface area (Å²) in [5.41, 5.74) is 1.83. The minimum Gasteiger partial charge on any atom is -0.465 e. The lowest BCUT2D eigenvalue weighted by Crippen LogP contribution is -2.30. The number of carbonyl (C=O) groups excluding carboxylic acids is 1. The number of nitrogens with one attached hydrogen (secondary N) is 1. The SMILES string of the molecule is COC(=O)c1ccc(CNC2CCCCC2)cc1. The normalized spacial score (nSPS) is 16.5. The zero-order chi connectivity index (χ0) is 12.8. The monoisotopic (exact) mass is 247 g/mol. The molecule has 3 nitrogen and oxygen atoms in total. The number of benzene rings is 1.